The number of carbonyl (C=O) groups excluding carboxylic acids is 1. The van der Waals surface area contributed by atoms with Crippen LogP contribution in [0.25, 0.3) is 5.82 Å². The first-order chi connectivity index (χ1) is 18.1. The molecule has 0 fully saturated rings. The molecule has 0 bridgehead atoms. The Bertz CT molecular complexity index is 1510. The van der Waals surface area contributed by atoms with Crippen molar-refractivity contribution in [1.29, 1.82) is 5.26 Å². The van der Waals surface area contributed by atoms with Crippen LogP contribution in [0, 0.1) is 18.3 Å². The molecule has 2 aromatic carbocycles. The van der Waals surface area contributed by atoms with Gasteiger partial charge < -0.3 is 10.1 Å². The molecular weight excluding hydrogens is 521 g/mol. The van der Waals surface area contributed by atoms with Gasteiger partial charge in [0.15, 0.2) is 11.6 Å². The predicted octanol–water partition coefficient (Wildman–Crippen LogP) is 5.58. The fraction of sp³-hybridized carbons (Fsp3) is 0.192. The van der Waals surface area contributed by atoms with Crippen LogP contribution < -0.4 is 10.1 Å². The van der Waals surface area contributed by atoms with E-state index in [0.717, 1.165) is 12.1 Å². The van der Waals surface area contributed by atoms with Gasteiger partial charge in [-0.3, -0.25) is 4.79 Å². The van der Waals surface area contributed by atoms with Crippen LogP contribution in [0.1, 0.15) is 51.7 Å². The highest BCUT2D eigenvalue weighted by Gasteiger charge is 2.39. The monoisotopic (exact) mass is 540 g/mol. The molecule has 38 heavy (non-hydrogen) atoms. The number of rotatable bonds is 7. The van der Waals surface area contributed by atoms with Crippen LogP contribution in [0.5, 0.6) is 5.75 Å². The first-order valence-electron chi connectivity index (χ1n) is 11.3. The number of nitriles is 1. The maximum Gasteiger partial charge on any atom is 0.420 e. The number of alkyl halides is 3. The van der Waals surface area contributed by atoms with Gasteiger partial charge in [-0.1, -0.05) is 35.9 Å². The highest BCUT2D eigenvalue weighted by molar-refractivity contribution is 6.31. The summed E-state index contributed by atoms with van der Waals surface area (Å²) < 4.78 is 49.2. The molecule has 0 unspecified atom stereocenters. The van der Waals surface area contributed by atoms with E-state index in [1.807, 2.05) is 6.07 Å². The molecule has 194 valence electrons. The number of halogens is 4. The zero-order chi connectivity index (χ0) is 27.4. The molecular formula is C26H20ClF3N6O2. The van der Waals surface area contributed by atoms with E-state index >= 15 is 0 Å². The normalized spacial score (nSPS) is 12.0. The van der Waals surface area contributed by atoms with Crippen LogP contribution in [0.2, 0.25) is 5.02 Å². The maximum atomic E-state index is 14.1. The number of hydrogen-bond acceptors (Lipinski definition) is 6. The van der Waals surface area contributed by atoms with Gasteiger partial charge in [0.25, 0.3) is 5.91 Å². The zero-order valence-electron chi connectivity index (χ0n) is 20.1. The minimum Gasteiger partial charge on any atom is -0.488 e. The topological polar surface area (TPSA) is 106 Å². The summed E-state index contributed by atoms with van der Waals surface area (Å²) >= 11 is 6.09. The van der Waals surface area contributed by atoms with Crippen LogP contribution in [-0.4, -0.2) is 25.7 Å². The molecule has 0 radical (unpaired) electrons. The van der Waals surface area contributed by atoms with Crippen molar-refractivity contribution in [3.8, 4) is 17.6 Å². The van der Waals surface area contributed by atoms with Gasteiger partial charge in [-0.05, 0) is 44.2 Å². The molecule has 2 heterocycles. The van der Waals surface area contributed by atoms with Gasteiger partial charge >= 0.3 is 6.18 Å². The third-order valence-corrected chi connectivity index (χ3v) is 5.83. The first kappa shape index (κ1) is 26.6. The molecule has 0 saturated carbocycles. The summed E-state index contributed by atoms with van der Waals surface area (Å²) in [4.78, 5) is 21.6. The maximum absolute atomic E-state index is 14.1. The Morgan fingerprint density at radius 3 is 2.61 bits per heavy atom. The number of pyridine rings is 1. The second-order valence-corrected chi connectivity index (χ2v) is 8.60. The summed E-state index contributed by atoms with van der Waals surface area (Å²) in [7, 11) is 0. The highest BCUT2D eigenvalue weighted by Crippen LogP contribution is 2.39. The number of amides is 1. The van der Waals surface area contributed by atoms with Crippen molar-refractivity contribution in [3.63, 3.8) is 0 Å². The van der Waals surface area contributed by atoms with E-state index in [2.05, 4.69) is 20.4 Å². The number of hydrogen-bond donors (Lipinski definition) is 1. The Morgan fingerprint density at radius 2 is 1.95 bits per heavy atom. The van der Waals surface area contributed by atoms with E-state index in [4.69, 9.17) is 21.6 Å². The molecule has 1 atom stereocenters. The lowest BCUT2D eigenvalue weighted by Crippen LogP contribution is -2.30. The van der Waals surface area contributed by atoms with Crippen molar-refractivity contribution in [2.45, 2.75) is 32.7 Å². The molecule has 0 aliphatic heterocycles. The second-order valence-electron chi connectivity index (χ2n) is 8.20. The predicted molar refractivity (Wildman–Crippen MR) is 132 cm³/mol. The van der Waals surface area contributed by atoms with Crippen LogP contribution in [-0.2, 0) is 12.8 Å². The molecule has 4 aromatic rings. The molecule has 0 spiro atoms. The van der Waals surface area contributed by atoms with E-state index in [9.17, 15) is 18.0 Å². The standard InChI is InChI=1S/C26H20ClF3N6O2/c1-15(24-34-16(2)35-36(24)22-11-10-17(12-31)13-32-22)33-25(37)19-7-5-9-21(23(19)26(28,29)30)38-14-18-6-3-4-8-20(18)27/h3-11,13,15H,14H2,1-2H3,(H,33,37)/t15-/m0/s1. The van der Waals surface area contributed by atoms with Crippen molar-refractivity contribution < 1.29 is 22.7 Å². The average Bonchev–Trinajstić information content (AvgIpc) is 3.29. The largest absolute Gasteiger partial charge is 0.488 e. The number of carbonyl (C=O) groups is 1. The minimum atomic E-state index is -4.88. The Balaban J connectivity index is 1.62. The molecule has 1 amide bonds. The number of benzene rings is 2. The quantitative estimate of drug-likeness (QED) is 0.328. The lowest BCUT2D eigenvalue weighted by molar-refractivity contribution is -0.139. The summed E-state index contributed by atoms with van der Waals surface area (Å²) in [5, 5.41) is 16.2. The van der Waals surface area contributed by atoms with Gasteiger partial charge in [0, 0.05) is 16.8 Å². The van der Waals surface area contributed by atoms with Gasteiger partial charge in [-0.15, -0.1) is 5.10 Å². The summed E-state index contributed by atoms with van der Waals surface area (Å²) in [5.74, 6) is -0.552. The number of nitrogens with one attached hydrogen (secondary N) is 1. The highest BCUT2D eigenvalue weighted by atomic mass is 35.5. The Labute approximate surface area is 220 Å². The molecule has 0 saturated heterocycles. The summed E-state index contributed by atoms with van der Waals surface area (Å²) in [5.41, 5.74) is -0.981. The number of aryl methyl sites for hydroxylation is 1. The van der Waals surface area contributed by atoms with Gasteiger partial charge in [0.05, 0.1) is 17.2 Å². The van der Waals surface area contributed by atoms with E-state index < -0.39 is 35.0 Å². The van der Waals surface area contributed by atoms with E-state index in [0.29, 0.717) is 27.8 Å². The molecule has 4 rings (SSSR count). The van der Waals surface area contributed by atoms with E-state index in [1.54, 1.807) is 44.2 Å². The van der Waals surface area contributed by atoms with E-state index in [-0.39, 0.29) is 12.4 Å². The Hall–Kier alpha value is -4.43. The van der Waals surface area contributed by atoms with Gasteiger partial charge in [-0.25, -0.2) is 9.97 Å². The van der Waals surface area contributed by atoms with Crippen LogP contribution in [0.3, 0.4) is 0 Å². The van der Waals surface area contributed by atoms with Crippen molar-refractivity contribution in [1.82, 2.24) is 25.1 Å². The van der Waals surface area contributed by atoms with Crippen molar-refractivity contribution in [2.24, 2.45) is 0 Å². The van der Waals surface area contributed by atoms with Crippen LogP contribution >= 0.6 is 11.6 Å². The molecule has 0 aliphatic rings. The Morgan fingerprint density at radius 1 is 1.18 bits per heavy atom. The van der Waals surface area contributed by atoms with Gasteiger partial charge in [0.1, 0.15) is 29.8 Å². The van der Waals surface area contributed by atoms with Gasteiger partial charge in [-0.2, -0.15) is 23.1 Å². The number of nitrogens with zero attached hydrogens (tertiary/aromatic N) is 5. The van der Waals surface area contributed by atoms with Crippen molar-refractivity contribution in [3.05, 3.63) is 99.7 Å². The smallest absolute Gasteiger partial charge is 0.420 e. The zero-order valence-corrected chi connectivity index (χ0v) is 20.9. The van der Waals surface area contributed by atoms with Crippen molar-refractivity contribution >= 4 is 17.5 Å². The Kier molecular flexibility index (Phi) is 7.64. The lowest BCUT2D eigenvalue weighted by atomic mass is 10.0. The third kappa shape index (κ3) is 5.76. The van der Waals surface area contributed by atoms with Crippen molar-refractivity contribution in [2.75, 3.05) is 0 Å². The first-order valence-corrected chi connectivity index (χ1v) is 11.6. The summed E-state index contributed by atoms with van der Waals surface area (Å²) in [6.07, 6.45) is -3.53. The van der Waals surface area contributed by atoms with E-state index in [1.165, 1.54) is 23.0 Å². The number of ether oxygens (including phenoxy) is 1. The molecule has 0 aliphatic carbocycles. The molecule has 2 aromatic heterocycles. The molecule has 1 N–H and O–H groups in total. The fourth-order valence-corrected chi connectivity index (χ4v) is 3.89. The molecule has 12 heteroatoms. The summed E-state index contributed by atoms with van der Waals surface area (Å²) in [6, 6.07) is 14.3. The summed E-state index contributed by atoms with van der Waals surface area (Å²) in [6.45, 7) is 2.97. The lowest BCUT2D eigenvalue weighted by Gasteiger charge is -2.19. The SMILES string of the molecule is Cc1nc([C@H](C)NC(=O)c2cccc(OCc3ccccc3Cl)c2C(F)(F)F)n(-c2ccc(C#N)cn2)n1. The third-order valence-electron chi connectivity index (χ3n) is 5.46. The second kappa shape index (κ2) is 10.9. The van der Waals surface area contributed by atoms with Crippen LogP contribution in [0.15, 0.2) is 60.8 Å². The fourth-order valence-electron chi connectivity index (χ4n) is 3.70. The molecule has 8 nitrogen and oxygen atoms in total. The minimum absolute atomic E-state index is 0.218. The van der Waals surface area contributed by atoms with Gasteiger partial charge in [0.2, 0.25) is 0 Å². The van der Waals surface area contributed by atoms with Crippen LogP contribution in [0.4, 0.5) is 13.2 Å². The number of aromatic nitrogens is 4. The average molecular weight is 541 g/mol.